The lowest BCUT2D eigenvalue weighted by Gasteiger charge is -2.20. The summed E-state index contributed by atoms with van der Waals surface area (Å²) in [5, 5.41) is 2.80. The summed E-state index contributed by atoms with van der Waals surface area (Å²) in [7, 11) is 0.477. The van der Waals surface area contributed by atoms with E-state index in [0.29, 0.717) is 35.7 Å². The highest BCUT2D eigenvalue weighted by Gasteiger charge is 2.23. The van der Waals surface area contributed by atoms with Gasteiger partial charge in [0.2, 0.25) is 0 Å². The molecule has 0 fully saturated rings. The summed E-state index contributed by atoms with van der Waals surface area (Å²) < 4.78 is 50.5. The zero-order chi connectivity index (χ0) is 24.0. The number of anilines is 1. The van der Waals surface area contributed by atoms with Gasteiger partial charge in [-0.25, -0.2) is 12.8 Å². The van der Waals surface area contributed by atoms with Gasteiger partial charge in [-0.2, -0.15) is 0 Å². The average molecular weight is 473 g/mol. The summed E-state index contributed by atoms with van der Waals surface area (Å²) in [6, 6.07) is 16.7. The van der Waals surface area contributed by atoms with Crippen molar-refractivity contribution < 1.29 is 27.1 Å². The molecule has 0 atom stereocenters. The van der Waals surface area contributed by atoms with Gasteiger partial charge in [0.25, 0.3) is 15.9 Å². The van der Waals surface area contributed by atoms with Crippen LogP contribution in [0.1, 0.15) is 15.9 Å². The van der Waals surface area contributed by atoms with Crippen molar-refractivity contribution in [2.24, 2.45) is 0 Å². The first-order valence-corrected chi connectivity index (χ1v) is 11.5. The van der Waals surface area contributed by atoms with Crippen LogP contribution in [0, 0.1) is 5.82 Å². The first-order valence-electron chi connectivity index (χ1n) is 10.1. The van der Waals surface area contributed by atoms with Crippen molar-refractivity contribution in [3.05, 3.63) is 83.7 Å². The zero-order valence-corrected chi connectivity index (χ0v) is 19.4. The number of carbonyl (C=O) groups is 1. The molecule has 0 saturated heterocycles. The molecule has 0 bridgehead atoms. The quantitative estimate of drug-likeness (QED) is 0.514. The summed E-state index contributed by atoms with van der Waals surface area (Å²) in [5.74, 6) is 0.142. The second-order valence-electron chi connectivity index (χ2n) is 7.17. The Kier molecular flexibility index (Phi) is 7.55. The van der Waals surface area contributed by atoms with Crippen LogP contribution in [0.4, 0.5) is 10.1 Å². The molecular formula is C24H25FN2O5S. The molecule has 0 spiro atoms. The van der Waals surface area contributed by atoms with E-state index in [1.54, 1.807) is 36.4 Å². The SMILES string of the molecule is COc1ccc(S(=O)(=O)N(C)c2ccc(C(=O)NCCc3ccc(F)cc3)cc2)cc1OC. The highest BCUT2D eigenvalue weighted by molar-refractivity contribution is 7.92. The Morgan fingerprint density at radius 3 is 2.18 bits per heavy atom. The Hall–Kier alpha value is -3.59. The smallest absolute Gasteiger partial charge is 0.264 e. The molecule has 1 amide bonds. The summed E-state index contributed by atoms with van der Waals surface area (Å²) >= 11 is 0. The van der Waals surface area contributed by atoms with E-state index >= 15 is 0 Å². The molecule has 0 unspecified atom stereocenters. The minimum Gasteiger partial charge on any atom is -0.493 e. The molecule has 0 aliphatic heterocycles. The molecule has 3 rings (SSSR count). The van der Waals surface area contributed by atoms with E-state index in [0.717, 1.165) is 9.87 Å². The van der Waals surface area contributed by atoms with E-state index in [1.165, 1.54) is 51.6 Å². The number of benzene rings is 3. The maximum Gasteiger partial charge on any atom is 0.264 e. The van der Waals surface area contributed by atoms with Crippen molar-refractivity contribution in [3.8, 4) is 11.5 Å². The Labute approximate surface area is 192 Å². The molecule has 0 aliphatic carbocycles. The molecule has 0 heterocycles. The summed E-state index contributed by atoms with van der Waals surface area (Å²) in [6.45, 7) is 0.389. The second kappa shape index (κ2) is 10.4. The van der Waals surface area contributed by atoms with Gasteiger partial charge in [0.1, 0.15) is 5.82 Å². The number of nitrogens with zero attached hydrogens (tertiary/aromatic N) is 1. The summed E-state index contributed by atoms with van der Waals surface area (Å²) in [6.07, 6.45) is 0.566. The number of halogens is 1. The maximum atomic E-state index is 13.0. The molecule has 7 nitrogen and oxygen atoms in total. The van der Waals surface area contributed by atoms with Gasteiger partial charge in [-0.05, 0) is 60.5 Å². The van der Waals surface area contributed by atoms with Crippen LogP contribution in [0.3, 0.4) is 0 Å². The van der Waals surface area contributed by atoms with E-state index in [9.17, 15) is 17.6 Å². The predicted molar refractivity (Wildman–Crippen MR) is 124 cm³/mol. The highest BCUT2D eigenvalue weighted by Crippen LogP contribution is 2.31. The van der Waals surface area contributed by atoms with E-state index in [2.05, 4.69) is 5.32 Å². The van der Waals surface area contributed by atoms with Crippen LogP contribution in [-0.2, 0) is 16.4 Å². The molecule has 1 N–H and O–H groups in total. The van der Waals surface area contributed by atoms with Crippen LogP contribution in [0.25, 0.3) is 0 Å². The lowest BCUT2D eigenvalue weighted by atomic mass is 10.1. The first-order chi connectivity index (χ1) is 15.8. The van der Waals surface area contributed by atoms with Crippen molar-refractivity contribution in [1.82, 2.24) is 5.32 Å². The van der Waals surface area contributed by atoms with E-state index in [4.69, 9.17) is 9.47 Å². The minimum atomic E-state index is -3.86. The number of sulfonamides is 1. The van der Waals surface area contributed by atoms with Crippen molar-refractivity contribution >= 4 is 21.6 Å². The summed E-state index contributed by atoms with van der Waals surface area (Å²) in [4.78, 5) is 12.4. The third kappa shape index (κ3) is 5.61. The molecule has 9 heteroatoms. The van der Waals surface area contributed by atoms with Gasteiger partial charge in [-0.3, -0.25) is 9.10 Å². The standard InChI is InChI=1S/C24H25FN2O5S/c1-27(33(29,30)21-12-13-22(31-2)23(16-21)32-3)20-10-6-18(7-11-20)24(28)26-15-14-17-4-8-19(25)9-5-17/h4-13,16H,14-15H2,1-3H3,(H,26,28). The number of methoxy groups -OCH3 is 2. The third-order valence-electron chi connectivity index (χ3n) is 5.12. The Morgan fingerprint density at radius 2 is 1.58 bits per heavy atom. The second-order valence-corrected chi connectivity index (χ2v) is 9.14. The van der Waals surface area contributed by atoms with Crippen LogP contribution in [0.2, 0.25) is 0 Å². The number of hydrogen-bond donors (Lipinski definition) is 1. The van der Waals surface area contributed by atoms with Gasteiger partial charge in [0, 0.05) is 25.2 Å². The summed E-state index contributed by atoms with van der Waals surface area (Å²) in [5.41, 5.74) is 1.71. The van der Waals surface area contributed by atoms with Crippen LogP contribution in [0.5, 0.6) is 11.5 Å². The molecule has 174 valence electrons. The van der Waals surface area contributed by atoms with Crippen LogP contribution in [0.15, 0.2) is 71.6 Å². The Morgan fingerprint density at radius 1 is 0.939 bits per heavy atom. The molecule has 0 radical (unpaired) electrons. The van der Waals surface area contributed by atoms with E-state index < -0.39 is 10.0 Å². The van der Waals surface area contributed by atoms with Gasteiger partial charge < -0.3 is 14.8 Å². The lowest BCUT2D eigenvalue weighted by Crippen LogP contribution is -2.27. The number of amides is 1. The number of ether oxygens (including phenoxy) is 2. The molecule has 0 aromatic heterocycles. The molecule has 0 saturated carbocycles. The number of carbonyl (C=O) groups excluding carboxylic acids is 1. The molecular weight excluding hydrogens is 447 g/mol. The monoisotopic (exact) mass is 472 g/mol. The van der Waals surface area contributed by atoms with Crippen molar-refractivity contribution in [1.29, 1.82) is 0 Å². The van der Waals surface area contributed by atoms with Crippen LogP contribution >= 0.6 is 0 Å². The maximum absolute atomic E-state index is 13.0. The van der Waals surface area contributed by atoms with Gasteiger partial charge in [0.05, 0.1) is 24.8 Å². The van der Waals surface area contributed by atoms with E-state index in [1.807, 2.05) is 0 Å². The fraction of sp³-hybridized carbons (Fsp3) is 0.208. The van der Waals surface area contributed by atoms with Crippen molar-refractivity contribution in [2.45, 2.75) is 11.3 Å². The number of hydrogen-bond acceptors (Lipinski definition) is 5. The van der Waals surface area contributed by atoms with Gasteiger partial charge in [-0.15, -0.1) is 0 Å². The Bertz CT molecular complexity index is 1210. The van der Waals surface area contributed by atoms with E-state index in [-0.39, 0.29) is 16.6 Å². The fourth-order valence-corrected chi connectivity index (χ4v) is 4.38. The zero-order valence-electron chi connectivity index (χ0n) is 18.5. The molecule has 33 heavy (non-hydrogen) atoms. The number of nitrogens with one attached hydrogen (secondary N) is 1. The average Bonchev–Trinajstić information content (AvgIpc) is 2.84. The normalized spacial score (nSPS) is 11.0. The van der Waals surface area contributed by atoms with Gasteiger partial charge >= 0.3 is 0 Å². The topological polar surface area (TPSA) is 84.9 Å². The molecule has 3 aromatic rings. The molecule has 0 aliphatic rings. The third-order valence-corrected chi connectivity index (χ3v) is 6.90. The molecule has 3 aromatic carbocycles. The fourth-order valence-electron chi connectivity index (χ4n) is 3.17. The lowest BCUT2D eigenvalue weighted by molar-refractivity contribution is 0.0954. The predicted octanol–water partition coefficient (Wildman–Crippen LogP) is 3.64. The van der Waals surface area contributed by atoms with Crippen molar-refractivity contribution in [2.75, 3.05) is 32.1 Å². The van der Waals surface area contributed by atoms with Gasteiger partial charge in [-0.1, -0.05) is 12.1 Å². The minimum absolute atomic E-state index is 0.0465. The highest BCUT2D eigenvalue weighted by atomic mass is 32.2. The van der Waals surface area contributed by atoms with Crippen molar-refractivity contribution in [3.63, 3.8) is 0 Å². The Balaban J connectivity index is 1.67. The first kappa shape index (κ1) is 24.1. The largest absolute Gasteiger partial charge is 0.493 e. The van der Waals surface area contributed by atoms with Crippen LogP contribution in [-0.4, -0.2) is 42.1 Å². The van der Waals surface area contributed by atoms with Gasteiger partial charge in [0.15, 0.2) is 11.5 Å². The van der Waals surface area contributed by atoms with Crippen LogP contribution < -0.4 is 19.1 Å². The number of rotatable bonds is 9.